The first-order chi connectivity index (χ1) is 9.28. The van der Waals surface area contributed by atoms with Gasteiger partial charge in [-0.2, -0.15) is 0 Å². The number of aryl methyl sites for hydroxylation is 1. The van der Waals surface area contributed by atoms with Crippen molar-refractivity contribution < 1.29 is 4.74 Å². The third-order valence-corrected chi connectivity index (χ3v) is 3.56. The Kier molecular flexibility index (Phi) is 3.15. The Bertz CT molecular complexity index is 573. The molecule has 0 radical (unpaired) electrons. The third-order valence-electron chi connectivity index (χ3n) is 3.56. The Labute approximate surface area is 113 Å². The summed E-state index contributed by atoms with van der Waals surface area (Å²) in [6.07, 6.45) is 6.45. The van der Waals surface area contributed by atoms with Crippen molar-refractivity contribution in [2.75, 3.05) is 12.4 Å². The predicted octanol–water partition coefficient (Wildman–Crippen LogP) is 3.15. The van der Waals surface area contributed by atoms with E-state index in [2.05, 4.69) is 27.9 Å². The monoisotopic (exact) mass is 257 g/mol. The minimum absolute atomic E-state index is 0.678. The average Bonchev–Trinajstić information content (AvgIpc) is 3.15. The van der Waals surface area contributed by atoms with Crippen molar-refractivity contribution in [3.63, 3.8) is 0 Å². The first kappa shape index (κ1) is 12.1. The predicted molar refractivity (Wildman–Crippen MR) is 75.6 cm³/mol. The number of nitrogens with zero attached hydrogens (tertiary/aromatic N) is 2. The first-order valence-corrected chi connectivity index (χ1v) is 6.67. The molecule has 0 spiro atoms. The van der Waals surface area contributed by atoms with E-state index >= 15 is 0 Å². The number of hydrogen-bond acceptors (Lipinski definition) is 3. The van der Waals surface area contributed by atoms with Crippen molar-refractivity contribution >= 4 is 5.69 Å². The number of anilines is 1. The van der Waals surface area contributed by atoms with Crippen LogP contribution in [0.15, 0.2) is 30.7 Å². The van der Waals surface area contributed by atoms with E-state index in [1.807, 2.05) is 24.7 Å². The molecule has 3 rings (SSSR count). The van der Waals surface area contributed by atoms with E-state index in [9.17, 15) is 0 Å². The Balaban J connectivity index is 1.68. The van der Waals surface area contributed by atoms with E-state index in [1.54, 1.807) is 7.11 Å². The fourth-order valence-corrected chi connectivity index (χ4v) is 2.33. The molecule has 1 N–H and O–H groups in total. The van der Waals surface area contributed by atoms with Gasteiger partial charge in [0, 0.05) is 17.9 Å². The molecular weight excluding hydrogens is 238 g/mol. The minimum atomic E-state index is 0.678. The third kappa shape index (κ3) is 2.57. The molecular formula is C15H19N3O. The van der Waals surface area contributed by atoms with Gasteiger partial charge >= 0.3 is 0 Å². The van der Waals surface area contributed by atoms with Gasteiger partial charge in [0.15, 0.2) is 0 Å². The van der Waals surface area contributed by atoms with E-state index in [0.717, 1.165) is 23.5 Å². The molecule has 1 heterocycles. The van der Waals surface area contributed by atoms with Crippen molar-refractivity contribution in [2.24, 2.45) is 0 Å². The molecule has 1 aliphatic rings. The summed E-state index contributed by atoms with van der Waals surface area (Å²) < 4.78 is 7.55. The number of hydrogen-bond donors (Lipinski definition) is 1. The lowest BCUT2D eigenvalue weighted by Gasteiger charge is -2.11. The molecule has 1 aliphatic carbocycles. The molecule has 0 atom stereocenters. The van der Waals surface area contributed by atoms with Crippen LogP contribution in [0.1, 0.15) is 30.1 Å². The molecule has 19 heavy (non-hydrogen) atoms. The Hall–Kier alpha value is -1.97. The first-order valence-electron chi connectivity index (χ1n) is 6.67. The van der Waals surface area contributed by atoms with Crippen molar-refractivity contribution in [3.8, 4) is 5.75 Å². The quantitative estimate of drug-likeness (QED) is 0.894. The molecule has 0 amide bonds. The van der Waals surface area contributed by atoms with Gasteiger partial charge in [0.25, 0.3) is 0 Å². The summed E-state index contributed by atoms with van der Waals surface area (Å²) in [5.74, 6) is 0.925. The number of methoxy groups -OCH3 is 1. The highest BCUT2D eigenvalue weighted by Crippen LogP contribution is 2.35. The lowest BCUT2D eigenvalue weighted by atomic mass is 10.2. The summed E-state index contributed by atoms with van der Waals surface area (Å²) in [4.78, 5) is 4.24. The average molecular weight is 257 g/mol. The molecule has 1 aromatic carbocycles. The largest absolute Gasteiger partial charge is 0.496 e. The zero-order valence-corrected chi connectivity index (χ0v) is 11.4. The Morgan fingerprint density at radius 2 is 2.26 bits per heavy atom. The van der Waals surface area contributed by atoms with Crippen LogP contribution >= 0.6 is 0 Å². The van der Waals surface area contributed by atoms with Gasteiger partial charge in [0.05, 0.1) is 25.7 Å². The summed E-state index contributed by atoms with van der Waals surface area (Å²) in [6.45, 7) is 2.86. The van der Waals surface area contributed by atoms with Crippen LogP contribution in [0.25, 0.3) is 0 Å². The van der Waals surface area contributed by atoms with Crippen LogP contribution in [-0.4, -0.2) is 16.7 Å². The standard InChI is InChI=1S/C15H19N3O/c1-11-7-12(3-6-15(11)19-2)17-9-14-8-16-10-18(14)13-4-5-13/h3,6-8,10,13,17H,4-5,9H2,1-2H3. The second kappa shape index (κ2) is 4.96. The molecule has 0 unspecified atom stereocenters. The molecule has 2 aromatic rings. The SMILES string of the molecule is COc1ccc(NCc2cncn2C2CC2)cc1C. The number of nitrogens with one attached hydrogen (secondary N) is 1. The highest BCUT2D eigenvalue weighted by Gasteiger charge is 2.24. The fraction of sp³-hybridized carbons (Fsp3) is 0.400. The lowest BCUT2D eigenvalue weighted by Crippen LogP contribution is -2.06. The van der Waals surface area contributed by atoms with Crippen molar-refractivity contribution in [1.29, 1.82) is 0 Å². The normalized spacial score (nSPS) is 14.4. The molecule has 1 saturated carbocycles. The van der Waals surface area contributed by atoms with E-state index < -0.39 is 0 Å². The zero-order valence-electron chi connectivity index (χ0n) is 11.4. The van der Waals surface area contributed by atoms with Gasteiger partial charge in [-0.3, -0.25) is 0 Å². The van der Waals surface area contributed by atoms with Gasteiger partial charge in [-0.1, -0.05) is 0 Å². The molecule has 100 valence electrons. The van der Waals surface area contributed by atoms with Gasteiger partial charge < -0.3 is 14.6 Å². The van der Waals surface area contributed by atoms with E-state index in [4.69, 9.17) is 4.74 Å². The Morgan fingerprint density at radius 1 is 1.42 bits per heavy atom. The van der Waals surface area contributed by atoms with Crippen molar-refractivity contribution in [3.05, 3.63) is 42.0 Å². The lowest BCUT2D eigenvalue weighted by molar-refractivity contribution is 0.412. The van der Waals surface area contributed by atoms with Gasteiger partial charge in [-0.15, -0.1) is 0 Å². The molecule has 4 heteroatoms. The Morgan fingerprint density at radius 3 is 2.95 bits per heavy atom. The van der Waals surface area contributed by atoms with Crippen LogP contribution in [0, 0.1) is 6.92 Å². The summed E-state index contributed by atoms with van der Waals surface area (Å²) in [6, 6.07) is 6.83. The maximum Gasteiger partial charge on any atom is 0.121 e. The van der Waals surface area contributed by atoms with Crippen molar-refractivity contribution in [2.45, 2.75) is 32.4 Å². The highest BCUT2D eigenvalue weighted by molar-refractivity contribution is 5.50. The fourth-order valence-electron chi connectivity index (χ4n) is 2.33. The number of rotatable bonds is 5. The van der Waals surface area contributed by atoms with Crippen LogP contribution in [0.4, 0.5) is 5.69 Å². The maximum atomic E-state index is 5.27. The molecule has 4 nitrogen and oxygen atoms in total. The number of benzene rings is 1. The molecule has 1 aromatic heterocycles. The van der Waals surface area contributed by atoms with Crippen LogP contribution in [0.3, 0.4) is 0 Å². The van der Waals surface area contributed by atoms with Crippen molar-refractivity contribution in [1.82, 2.24) is 9.55 Å². The molecule has 0 bridgehead atoms. The van der Waals surface area contributed by atoms with E-state index in [1.165, 1.54) is 18.5 Å². The van der Waals surface area contributed by atoms with Crippen LogP contribution in [-0.2, 0) is 6.54 Å². The number of ether oxygens (including phenoxy) is 1. The summed E-state index contributed by atoms with van der Waals surface area (Å²) in [5, 5.41) is 3.45. The minimum Gasteiger partial charge on any atom is -0.496 e. The topological polar surface area (TPSA) is 39.1 Å². The molecule has 1 fully saturated rings. The van der Waals surface area contributed by atoms with Gasteiger partial charge in [-0.25, -0.2) is 4.98 Å². The number of aromatic nitrogens is 2. The van der Waals surface area contributed by atoms with Crippen LogP contribution in [0.5, 0.6) is 5.75 Å². The van der Waals surface area contributed by atoms with Gasteiger partial charge in [-0.05, 0) is 43.5 Å². The maximum absolute atomic E-state index is 5.27. The second-order valence-electron chi connectivity index (χ2n) is 5.06. The smallest absolute Gasteiger partial charge is 0.121 e. The summed E-state index contributed by atoms with van der Waals surface area (Å²) in [5.41, 5.74) is 3.50. The van der Waals surface area contributed by atoms with Gasteiger partial charge in [0.2, 0.25) is 0 Å². The second-order valence-corrected chi connectivity index (χ2v) is 5.06. The van der Waals surface area contributed by atoms with Gasteiger partial charge in [0.1, 0.15) is 5.75 Å². The van der Waals surface area contributed by atoms with Crippen LogP contribution in [0.2, 0.25) is 0 Å². The summed E-state index contributed by atoms with van der Waals surface area (Å²) in [7, 11) is 1.70. The molecule has 0 aliphatic heterocycles. The summed E-state index contributed by atoms with van der Waals surface area (Å²) >= 11 is 0. The van der Waals surface area contributed by atoms with E-state index in [0.29, 0.717) is 6.04 Å². The zero-order chi connectivity index (χ0) is 13.2. The van der Waals surface area contributed by atoms with E-state index in [-0.39, 0.29) is 0 Å². The number of imidazole rings is 1. The molecule has 0 saturated heterocycles. The van der Waals surface area contributed by atoms with Crippen LogP contribution < -0.4 is 10.1 Å². The highest BCUT2D eigenvalue weighted by atomic mass is 16.5.